The van der Waals surface area contributed by atoms with Crippen LogP contribution in [0.25, 0.3) is 0 Å². The Morgan fingerprint density at radius 1 is 0.811 bits per heavy atom. The lowest BCUT2D eigenvalue weighted by atomic mass is 10.0. The van der Waals surface area contributed by atoms with Gasteiger partial charge in [0.15, 0.2) is 0 Å². The van der Waals surface area contributed by atoms with Crippen LogP contribution in [0.15, 0.2) is 30.3 Å². The van der Waals surface area contributed by atoms with Crippen LogP contribution in [0.1, 0.15) is 90.0 Å². The van der Waals surface area contributed by atoms with Crippen molar-refractivity contribution < 1.29 is 23.9 Å². The summed E-state index contributed by atoms with van der Waals surface area (Å²) in [5.41, 5.74) is 11.9. The summed E-state index contributed by atoms with van der Waals surface area (Å²) >= 11 is 0. The summed E-state index contributed by atoms with van der Waals surface area (Å²) in [6, 6.07) is 5.95. The standard InChI is InChI=1S/C28H46N4O5/c1-3-4-5-6-7-8-9-10-11-15-18-37-25(33)20-24(32-27(35)21(2)29)28(36)31-23(26(30)34)19-22-16-13-12-14-17-22/h12-14,16-17,21,23-24H,3-11,15,18-20,29H2,1-2H3,(H2,30,34)(H,31,36)(H,32,35)/t21-,23-,24-/m0/s1. The Kier molecular flexibility index (Phi) is 16.7. The summed E-state index contributed by atoms with van der Waals surface area (Å²) in [6.07, 6.45) is 11.5. The molecule has 1 aromatic carbocycles. The molecule has 0 spiro atoms. The maximum absolute atomic E-state index is 12.9. The summed E-state index contributed by atoms with van der Waals surface area (Å²) in [7, 11) is 0. The topological polar surface area (TPSA) is 154 Å². The minimum absolute atomic E-state index is 0.180. The molecular formula is C28H46N4O5. The Morgan fingerprint density at radius 3 is 1.89 bits per heavy atom. The third kappa shape index (κ3) is 15.0. The van der Waals surface area contributed by atoms with Crippen LogP contribution in [0, 0.1) is 0 Å². The zero-order chi connectivity index (χ0) is 27.5. The van der Waals surface area contributed by atoms with E-state index in [4.69, 9.17) is 16.2 Å². The molecule has 9 heteroatoms. The van der Waals surface area contributed by atoms with Gasteiger partial charge in [-0.15, -0.1) is 0 Å². The SMILES string of the molecule is CCCCCCCCCCCCOC(=O)C[C@H](NC(=O)[C@H](C)N)C(=O)N[C@@H](Cc1ccccc1)C(N)=O. The minimum atomic E-state index is -1.24. The highest BCUT2D eigenvalue weighted by atomic mass is 16.5. The van der Waals surface area contributed by atoms with Crippen molar-refractivity contribution in [3.8, 4) is 0 Å². The fraction of sp³-hybridized carbons (Fsp3) is 0.643. The largest absolute Gasteiger partial charge is 0.466 e. The molecule has 0 aliphatic carbocycles. The number of ether oxygens (including phenoxy) is 1. The highest BCUT2D eigenvalue weighted by molar-refractivity contribution is 5.94. The average molecular weight is 519 g/mol. The number of nitrogens with two attached hydrogens (primary N) is 2. The van der Waals surface area contributed by atoms with Gasteiger partial charge in [0.2, 0.25) is 17.7 Å². The number of nitrogens with one attached hydrogen (secondary N) is 2. The van der Waals surface area contributed by atoms with Crippen molar-refractivity contribution in [2.24, 2.45) is 11.5 Å². The molecule has 0 heterocycles. The van der Waals surface area contributed by atoms with Crippen molar-refractivity contribution in [3.63, 3.8) is 0 Å². The summed E-state index contributed by atoms with van der Waals surface area (Å²) in [4.78, 5) is 49.4. The maximum Gasteiger partial charge on any atom is 0.308 e. The van der Waals surface area contributed by atoms with Crippen molar-refractivity contribution in [1.82, 2.24) is 10.6 Å². The molecular weight excluding hydrogens is 472 g/mol. The minimum Gasteiger partial charge on any atom is -0.466 e. The second-order valence-electron chi connectivity index (χ2n) is 9.61. The van der Waals surface area contributed by atoms with Gasteiger partial charge in [0.25, 0.3) is 0 Å². The monoisotopic (exact) mass is 518 g/mol. The number of hydrogen-bond acceptors (Lipinski definition) is 6. The summed E-state index contributed by atoms with van der Waals surface area (Å²) in [5.74, 6) is -2.64. The molecule has 0 aliphatic rings. The Balaban J connectivity index is 2.51. The summed E-state index contributed by atoms with van der Waals surface area (Å²) in [6.45, 7) is 3.93. The molecule has 0 saturated carbocycles. The van der Waals surface area contributed by atoms with E-state index in [1.165, 1.54) is 51.9 Å². The van der Waals surface area contributed by atoms with E-state index in [1.807, 2.05) is 30.3 Å². The van der Waals surface area contributed by atoms with E-state index in [2.05, 4.69) is 17.6 Å². The van der Waals surface area contributed by atoms with Gasteiger partial charge in [-0.25, -0.2) is 0 Å². The van der Waals surface area contributed by atoms with Gasteiger partial charge >= 0.3 is 5.97 Å². The van der Waals surface area contributed by atoms with Crippen molar-refractivity contribution >= 4 is 23.7 Å². The van der Waals surface area contributed by atoms with E-state index in [9.17, 15) is 19.2 Å². The molecule has 1 aromatic rings. The van der Waals surface area contributed by atoms with Gasteiger partial charge in [-0.1, -0.05) is 95.0 Å². The molecule has 1 rings (SSSR count). The lowest BCUT2D eigenvalue weighted by Gasteiger charge is -2.22. The molecule has 3 amide bonds. The first-order chi connectivity index (χ1) is 17.7. The molecule has 0 radical (unpaired) electrons. The highest BCUT2D eigenvalue weighted by Crippen LogP contribution is 2.11. The van der Waals surface area contributed by atoms with Crippen molar-refractivity contribution in [3.05, 3.63) is 35.9 Å². The number of unbranched alkanes of at least 4 members (excludes halogenated alkanes) is 9. The Bertz CT molecular complexity index is 816. The summed E-state index contributed by atoms with van der Waals surface area (Å²) < 4.78 is 5.29. The van der Waals surface area contributed by atoms with E-state index in [-0.39, 0.29) is 19.4 Å². The second kappa shape index (κ2) is 19.2. The Hall–Kier alpha value is -2.94. The number of esters is 1. The normalized spacial score (nSPS) is 13.3. The molecule has 0 fully saturated rings. The molecule has 3 atom stereocenters. The molecule has 6 N–H and O–H groups in total. The van der Waals surface area contributed by atoms with Crippen LogP contribution in [-0.2, 0) is 30.3 Å². The van der Waals surface area contributed by atoms with E-state index in [0.29, 0.717) is 0 Å². The van der Waals surface area contributed by atoms with Crippen LogP contribution < -0.4 is 22.1 Å². The molecule has 0 saturated heterocycles. The zero-order valence-electron chi connectivity index (χ0n) is 22.5. The number of carbonyl (C=O) groups excluding carboxylic acids is 4. The van der Waals surface area contributed by atoms with Gasteiger partial charge in [0.1, 0.15) is 12.1 Å². The first-order valence-corrected chi connectivity index (χ1v) is 13.6. The van der Waals surface area contributed by atoms with Gasteiger partial charge in [-0.3, -0.25) is 19.2 Å². The fourth-order valence-electron chi connectivity index (χ4n) is 3.86. The molecule has 9 nitrogen and oxygen atoms in total. The predicted octanol–water partition coefficient (Wildman–Crippen LogP) is 2.89. The molecule has 0 unspecified atom stereocenters. The number of rotatable bonds is 20. The van der Waals surface area contributed by atoms with Crippen LogP contribution in [0.4, 0.5) is 0 Å². The number of hydrogen-bond donors (Lipinski definition) is 4. The van der Waals surface area contributed by atoms with E-state index in [0.717, 1.165) is 24.8 Å². The predicted molar refractivity (Wildman–Crippen MR) is 144 cm³/mol. The quantitative estimate of drug-likeness (QED) is 0.154. The Morgan fingerprint density at radius 2 is 1.35 bits per heavy atom. The number of benzene rings is 1. The van der Waals surface area contributed by atoms with Crippen molar-refractivity contribution in [2.75, 3.05) is 6.61 Å². The van der Waals surface area contributed by atoms with Crippen molar-refractivity contribution in [2.45, 2.75) is 109 Å². The zero-order valence-corrected chi connectivity index (χ0v) is 22.5. The number of amides is 3. The molecule has 37 heavy (non-hydrogen) atoms. The third-order valence-electron chi connectivity index (χ3n) is 6.12. The molecule has 0 aromatic heterocycles. The molecule has 208 valence electrons. The third-order valence-corrected chi connectivity index (χ3v) is 6.12. The van der Waals surface area contributed by atoms with Crippen LogP contribution >= 0.6 is 0 Å². The van der Waals surface area contributed by atoms with Gasteiger partial charge in [0.05, 0.1) is 19.1 Å². The van der Waals surface area contributed by atoms with Crippen LogP contribution in [0.2, 0.25) is 0 Å². The van der Waals surface area contributed by atoms with Gasteiger partial charge in [-0.05, 0) is 18.9 Å². The van der Waals surface area contributed by atoms with Crippen LogP contribution in [-0.4, -0.2) is 48.4 Å². The first-order valence-electron chi connectivity index (χ1n) is 13.6. The first kappa shape index (κ1) is 32.1. The van der Waals surface area contributed by atoms with Gasteiger partial charge in [0, 0.05) is 6.42 Å². The highest BCUT2D eigenvalue weighted by Gasteiger charge is 2.29. The number of primary amides is 1. The lowest BCUT2D eigenvalue weighted by molar-refractivity contribution is -0.146. The second-order valence-corrected chi connectivity index (χ2v) is 9.61. The van der Waals surface area contributed by atoms with Gasteiger partial charge < -0.3 is 26.8 Å². The Labute approximate surface area is 221 Å². The van der Waals surface area contributed by atoms with E-state index in [1.54, 1.807) is 0 Å². The van der Waals surface area contributed by atoms with E-state index < -0.39 is 41.8 Å². The van der Waals surface area contributed by atoms with E-state index >= 15 is 0 Å². The average Bonchev–Trinajstić information content (AvgIpc) is 2.86. The van der Waals surface area contributed by atoms with Gasteiger partial charge in [-0.2, -0.15) is 0 Å². The van der Waals surface area contributed by atoms with Crippen molar-refractivity contribution in [1.29, 1.82) is 0 Å². The fourth-order valence-corrected chi connectivity index (χ4v) is 3.86. The molecule has 0 bridgehead atoms. The summed E-state index contributed by atoms with van der Waals surface area (Å²) in [5, 5.41) is 5.02. The molecule has 0 aliphatic heterocycles. The smallest absolute Gasteiger partial charge is 0.308 e. The maximum atomic E-state index is 12.9. The van der Waals surface area contributed by atoms with Crippen LogP contribution in [0.3, 0.4) is 0 Å². The lowest BCUT2D eigenvalue weighted by Crippen LogP contribution is -2.56. The number of carbonyl (C=O) groups is 4. The van der Waals surface area contributed by atoms with Crippen LogP contribution in [0.5, 0.6) is 0 Å².